The lowest BCUT2D eigenvalue weighted by atomic mass is 10.2. The lowest BCUT2D eigenvalue weighted by Crippen LogP contribution is -2.24. The van der Waals surface area contributed by atoms with Gasteiger partial charge in [0.1, 0.15) is 23.6 Å². The lowest BCUT2D eigenvalue weighted by molar-refractivity contribution is 0.0946. The third kappa shape index (κ3) is 4.49. The molecular formula is C19H17ClN4O2. The molecule has 3 rings (SSSR count). The number of rotatable bonds is 6. The molecule has 3 aromatic rings. The first-order valence-electron chi connectivity index (χ1n) is 7.90. The number of methoxy groups -OCH3 is 1. The minimum absolute atomic E-state index is 0.267. The fourth-order valence-electron chi connectivity index (χ4n) is 2.27. The number of nitrogens with one attached hydrogen (secondary N) is 2. The average Bonchev–Trinajstić information content (AvgIpc) is 2.68. The van der Waals surface area contributed by atoms with Crippen LogP contribution in [-0.4, -0.2) is 23.0 Å². The molecule has 0 bridgehead atoms. The summed E-state index contributed by atoms with van der Waals surface area (Å²) in [5.74, 6) is 0.972. The van der Waals surface area contributed by atoms with E-state index in [0.717, 1.165) is 11.3 Å². The molecule has 1 heterocycles. The summed E-state index contributed by atoms with van der Waals surface area (Å²) in [5, 5.41) is 6.47. The quantitative estimate of drug-likeness (QED) is 0.691. The third-order valence-corrected chi connectivity index (χ3v) is 3.98. The number of aromatic nitrogens is 2. The standard InChI is InChI=1S/C19H17ClN4O2/c1-26-14-8-6-13(7-9-14)11-21-19(25)17-10-18(23-12-22-17)24-16-5-3-2-4-15(16)20/h2-10,12H,11H2,1H3,(H,21,25)(H,22,23,24). The molecular weight excluding hydrogens is 352 g/mol. The van der Waals surface area contributed by atoms with E-state index in [4.69, 9.17) is 16.3 Å². The van der Waals surface area contributed by atoms with Crippen LogP contribution in [0.2, 0.25) is 5.02 Å². The van der Waals surface area contributed by atoms with Crippen LogP contribution in [0.25, 0.3) is 0 Å². The first-order chi connectivity index (χ1) is 12.7. The summed E-state index contributed by atoms with van der Waals surface area (Å²) in [6.45, 7) is 0.389. The molecule has 26 heavy (non-hydrogen) atoms. The minimum atomic E-state index is -0.287. The molecule has 6 nitrogen and oxygen atoms in total. The van der Waals surface area contributed by atoms with Gasteiger partial charge in [-0.25, -0.2) is 9.97 Å². The topological polar surface area (TPSA) is 76.1 Å². The smallest absolute Gasteiger partial charge is 0.270 e. The second kappa shape index (κ2) is 8.31. The first-order valence-corrected chi connectivity index (χ1v) is 8.28. The van der Waals surface area contributed by atoms with Gasteiger partial charge in [-0.3, -0.25) is 4.79 Å². The van der Waals surface area contributed by atoms with Crippen molar-refractivity contribution in [3.8, 4) is 5.75 Å². The van der Waals surface area contributed by atoms with Gasteiger partial charge in [-0.15, -0.1) is 0 Å². The number of anilines is 2. The Kier molecular flexibility index (Phi) is 5.66. The van der Waals surface area contributed by atoms with Crippen LogP contribution in [-0.2, 0) is 6.54 Å². The fraction of sp³-hybridized carbons (Fsp3) is 0.105. The maximum absolute atomic E-state index is 12.3. The van der Waals surface area contributed by atoms with Gasteiger partial charge >= 0.3 is 0 Å². The van der Waals surface area contributed by atoms with Crippen LogP contribution >= 0.6 is 11.6 Å². The van der Waals surface area contributed by atoms with Crippen molar-refractivity contribution in [3.63, 3.8) is 0 Å². The van der Waals surface area contributed by atoms with E-state index >= 15 is 0 Å². The van der Waals surface area contributed by atoms with E-state index in [1.165, 1.54) is 6.33 Å². The number of carbonyl (C=O) groups excluding carboxylic acids is 1. The minimum Gasteiger partial charge on any atom is -0.497 e. The second-order valence-corrected chi connectivity index (χ2v) is 5.83. The van der Waals surface area contributed by atoms with Crippen LogP contribution in [0.4, 0.5) is 11.5 Å². The van der Waals surface area contributed by atoms with E-state index in [2.05, 4.69) is 20.6 Å². The summed E-state index contributed by atoms with van der Waals surface area (Å²) >= 11 is 6.12. The van der Waals surface area contributed by atoms with Gasteiger partial charge in [0.2, 0.25) is 0 Å². The van der Waals surface area contributed by atoms with Crippen molar-refractivity contribution in [1.82, 2.24) is 15.3 Å². The summed E-state index contributed by atoms with van der Waals surface area (Å²) < 4.78 is 5.11. The Hall–Kier alpha value is -3.12. The average molecular weight is 369 g/mol. The molecule has 2 aromatic carbocycles. The molecule has 0 aliphatic carbocycles. The predicted molar refractivity (Wildman–Crippen MR) is 101 cm³/mol. The maximum atomic E-state index is 12.3. The van der Waals surface area contributed by atoms with E-state index in [1.807, 2.05) is 42.5 Å². The van der Waals surface area contributed by atoms with Crippen molar-refractivity contribution >= 4 is 29.0 Å². The number of nitrogens with zero attached hydrogens (tertiary/aromatic N) is 2. The van der Waals surface area contributed by atoms with Gasteiger partial charge in [0.15, 0.2) is 0 Å². The molecule has 2 N–H and O–H groups in total. The molecule has 0 atom stereocenters. The Bertz CT molecular complexity index is 900. The number of ether oxygens (including phenoxy) is 1. The Morgan fingerprint density at radius 1 is 1.12 bits per heavy atom. The monoisotopic (exact) mass is 368 g/mol. The molecule has 0 aliphatic heterocycles. The van der Waals surface area contributed by atoms with Crippen molar-refractivity contribution in [2.24, 2.45) is 0 Å². The van der Waals surface area contributed by atoms with E-state index in [-0.39, 0.29) is 11.6 Å². The molecule has 0 fully saturated rings. The molecule has 132 valence electrons. The van der Waals surface area contributed by atoms with Crippen molar-refractivity contribution < 1.29 is 9.53 Å². The predicted octanol–water partition coefficient (Wildman–Crippen LogP) is 3.81. The molecule has 0 aliphatic rings. The summed E-state index contributed by atoms with van der Waals surface area (Å²) in [5.41, 5.74) is 1.93. The van der Waals surface area contributed by atoms with Gasteiger partial charge in [0.25, 0.3) is 5.91 Å². The summed E-state index contributed by atoms with van der Waals surface area (Å²) in [6.07, 6.45) is 1.33. The zero-order valence-electron chi connectivity index (χ0n) is 14.1. The fourth-order valence-corrected chi connectivity index (χ4v) is 2.45. The van der Waals surface area contributed by atoms with Crippen LogP contribution in [0.15, 0.2) is 60.9 Å². The Labute approximate surface area is 156 Å². The van der Waals surface area contributed by atoms with Gasteiger partial charge in [-0.05, 0) is 29.8 Å². The number of hydrogen-bond donors (Lipinski definition) is 2. The van der Waals surface area contributed by atoms with E-state index in [0.29, 0.717) is 23.1 Å². The van der Waals surface area contributed by atoms with Gasteiger partial charge in [0.05, 0.1) is 17.8 Å². The Morgan fingerprint density at radius 2 is 1.88 bits per heavy atom. The lowest BCUT2D eigenvalue weighted by Gasteiger charge is -2.09. The number of amides is 1. The maximum Gasteiger partial charge on any atom is 0.270 e. The molecule has 1 aromatic heterocycles. The molecule has 0 radical (unpaired) electrons. The highest BCUT2D eigenvalue weighted by Gasteiger charge is 2.09. The number of hydrogen-bond acceptors (Lipinski definition) is 5. The number of benzene rings is 2. The number of carbonyl (C=O) groups is 1. The normalized spacial score (nSPS) is 10.2. The number of halogens is 1. The molecule has 7 heteroatoms. The van der Waals surface area contributed by atoms with Crippen molar-refractivity contribution in [3.05, 3.63) is 77.2 Å². The number of para-hydroxylation sites is 1. The molecule has 0 unspecified atom stereocenters. The highest BCUT2D eigenvalue weighted by molar-refractivity contribution is 6.33. The Morgan fingerprint density at radius 3 is 2.62 bits per heavy atom. The zero-order chi connectivity index (χ0) is 18.4. The SMILES string of the molecule is COc1ccc(CNC(=O)c2cc(Nc3ccccc3Cl)ncn2)cc1. The van der Waals surface area contributed by atoms with Crippen LogP contribution in [0.5, 0.6) is 5.75 Å². The highest BCUT2D eigenvalue weighted by atomic mass is 35.5. The van der Waals surface area contributed by atoms with Crippen LogP contribution in [0.1, 0.15) is 16.1 Å². The first kappa shape index (κ1) is 17.7. The Balaban J connectivity index is 1.65. The summed E-state index contributed by atoms with van der Waals surface area (Å²) in [6, 6.07) is 16.3. The third-order valence-electron chi connectivity index (χ3n) is 3.65. The highest BCUT2D eigenvalue weighted by Crippen LogP contribution is 2.23. The van der Waals surface area contributed by atoms with E-state index < -0.39 is 0 Å². The summed E-state index contributed by atoms with van der Waals surface area (Å²) in [4.78, 5) is 20.5. The molecule has 0 saturated heterocycles. The van der Waals surface area contributed by atoms with Gasteiger partial charge in [0, 0.05) is 12.6 Å². The van der Waals surface area contributed by atoms with Crippen molar-refractivity contribution in [2.75, 3.05) is 12.4 Å². The van der Waals surface area contributed by atoms with E-state index in [1.54, 1.807) is 19.2 Å². The van der Waals surface area contributed by atoms with Gasteiger partial charge in [-0.1, -0.05) is 35.9 Å². The molecule has 0 saturated carbocycles. The van der Waals surface area contributed by atoms with Crippen molar-refractivity contribution in [2.45, 2.75) is 6.54 Å². The van der Waals surface area contributed by atoms with Crippen LogP contribution in [0.3, 0.4) is 0 Å². The van der Waals surface area contributed by atoms with Crippen LogP contribution < -0.4 is 15.4 Å². The second-order valence-electron chi connectivity index (χ2n) is 5.42. The van der Waals surface area contributed by atoms with Gasteiger partial charge in [-0.2, -0.15) is 0 Å². The van der Waals surface area contributed by atoms with Crippen LogP contribution in [0, 0.1) is 0 Å². The summed E-state index contributed by atoms with van der Waals surface area (Å²) in [7, 11) is 1.61. The van der Waals surface area contributed by atoms with Gasteiger partial charge < -0.3 is 15.4 Å². The largest absolute Gasteiger partial charge is 0.497 e. The molecule has 0 spiro atoms. The van der Waals surface area contributed by atoms with E-state index in [9.17, 15) is 4.79 Å². The van der Waals surface area contributed by atoms with Crippen molar-refractivity contribution in [1.29, 1.82) is 0 Å². The zero-order valence-corrected chi connectivity index (χ0v) is 14.8. The molecule has 1 amide bonds.